The molecular weight excluding hydrogens is 280 g/mol. The molecular formula is C9H9BrN2O4. The molecule has 2 N–H and O–H groups in total. The summed E-state index contributed by atoms with van der Waals surface area (Å²) >= 11 is 3.25. The number of nitrogens with one attached hydrogen (secondary N) is 1. The molecule has 1 aromatic heterocycles. The summed E-state index contributed by atoms with van der Waals surface area (Å²) in [5.41, 5.74) is 0.198. The first kappa shape index (κ1) is 11.0. The summed E-state index contributed by atoms with van der Waals surface area (Å²) in [5, 5.41) is 11.3. The van der Waals surface area contributed by atoms with Gasteiger partial charge in [0.25, 0.3) is 0 Å². The quantitative estimate of drug-likeness (QED) is 0.871. The van der Waals surface area contributed by atoms with Crippen molar-refractivity contribution in [2.45, 2.75) is 12.6 Å². The van der Waals surface area contributed by atoms with Crippen LogP contribution in [-0.2, 0) is 11.3 Å². The molecule has 0 spiro atoms. The van der Waals surface area contributed by atoms with Crippen LogP contribution in [0.3, 0.4) is 0 Å². The lowest BCUT2D eigenvalue weighted by molar-refractivity contribution is 0.0696. The minimum Gasteiger partial charge on any atom is -0.478 e. The smallest absolute Gasteiger partial charge is 0.407 e. The number of amides is 1. The van der Waals surface area contributed by atoms with Gasteiger partial charge < -0.3 is 19.7 Å². The van der Waals surface area contributed by atoms with Gasteiger partial charge in [-0.25, -0.2) is 9.59 Å². The number of alkyl carbamates (subject to hydrolysis) is 1. The van der Waals surface area contributed by atoms with E-state index in [9.17, 15) is 9.59 Å². The maximum absolute atomic E-state index is 10.8. The van der Waals surface area contributed by atoms with Gasteiger partial charge in [-0.1, -0.05) is 0 Å². The van der Waals surface area contributed by atoms with E-state index in [0.717, 1.165) is 0 Å². The van der Waals surface area contributed by atoms with E-state index < -0.39 is 12.1 Å². The molecule has 1 atom stereocenters. The first-order chi connectivity index (χ1) is 7.56. The van der Waals surface area contributed by atoms with Crippen LogP contribution >= 0.6 is 15.9 Å². The number of cyclic esters (lactones) is 1. The van der Waals surface area contributed by atoms with Crippen LogP contribution in [0.2, 0.25) is 0 Å². The summed E-state index contributed by atoms with van der Waals surface area (Å²) in [6.07, 6.45) is 0.794. The normalized spacial score (nSPS) is 19.3. The average Bonchev–Trinajstić information content (AvgIpc) is 2.75. The Morgan fingerprint density at radius 2 is 2.50 bits per heavy atom. The number of rotatable bonds is 3. The Hall–Kier alpha value is -1.50. The third-order valence-electron chi connectivity index (χ3n) is 2.24. The van der Waals surface area contributed by atoms with Crippen molar-refractivity contribution in [2.24, 2.45) is 0 Å². The van der Waals surface area contributed by atoms with Crippen molar-refractivity contribution < 1.29 is 19.4 Å². The first-order valence-electron chi connectivity index (χ1n) is 4.59. The number of hydrogen-bond donors (Lipinski definition) is 2. The topological polar surface area (TPSA) is 80.6 Å². The predicted octanol–water partition coefficient (Wildman–Crippen LogP) is 1.06. The molecule has 0 radical (unpaired) electrons. The Bertz CT molecular complexity index is 443. The number of ether oxygens (including phenoxy) is 1. The zero-order valence-corrected chi connectivity index (χ0v) is 9.73. The van der Waals surface area contributed by atoms with E-state index in [1.165, 1.54) is 12.3 Å². The monoisotopic (exact) mass is 288 g/mol. The van der Waals surface area contributed by atoms with Crippen LogP contribution in [-0.4, -0.2) is 34.4 Å². The number of aromatic nitrogens is 1. The molecule has 86 valence electrons. The second-order valence-corrected chi connectivity index (χ2v) is 4.23. The van der Waals surface area contributed by atoms with Gasteiger partial charge in [-0.15, -0.1) is 0 Å². The second kappa shape index (κ2) is 4.17. The summed E-state index contributed by atoms with van der Waals surface area (Å²) in [6, 6.07) is 1.51. The van der Waals surface area contributed by atoms with E-state index in [-0.39, 0.29) is 11.7 Å². The number of carboxylic acids is 1. The van der Waals surface area contributed by atoms with Gasteiger partial charge in [0.15, 0.2) is 0 Å². The highest BCUT2D eigenvalue weighted by molar-refractivity contribution is 9.10. The Morgan fingerprint density at radius 3 is 3.00 bits per heavy atom. The number of carboxylic acid groups (broad SMARTS) is 1. The second-order valence-electron chi connectivity index (χ2n) is 3.42. The Balaban J connectivity index is 2.09. The number of nitrogens with zero attached hydrogens (tertiary/aromatic N) is 1. The van der Waals surface area contributed by atoms with E-state index in [2.05, 4.69) is 21.2 Å². The molecule has 6 nitrogen and oxygen atoms in total. The highest BCUT2D eigenvalue weighted by Crippen LogP contribution is 2.17. The van der Waals surface area contributed by atoms with Gasteiger partial charge in [0.2, 0.25) is 0 Å². The fourth-order valence-electron chi connectivity index (χ4n) is 1.49. The van der Waals surface area contributed by atoms with Crippen molar-refractivity contribution in [3.8, 4) is 0 Å². The van der Waals surface area contributed by atoms with E-state index in [4.69, 9.17) is 9.84 Å². The lowest BCUT2D eigenvalue weighted by Crippen LogP contribution is -2.20. The number of carbonyl (C=O) groups is 2. The first-order valence-corrected chi connectivity index (χ1v) is 5.39. The van der Waals surface area contributed by atoms with Crippen LogP contribution in [0.15, 0.2) is 16.9 Å². The summed E-state index contributed by atoms with van der Waals surface area (Å²) in [5.74, 6) is -0.985. The summed E-state index contributed by atoms with van der Waals surface area (Å²) in [4.78, 5) is 21.5. The van der Waals surface area contributed by atoms with Crippen molar-refractivity contribution in [1.82, 2.24) is 9.88 Å². The Labute approximate surface area is 99.3 Å². The number of hydrogen-bond acceptors (Lipinski definition) is 3. The fraction of sp³-hybridized carbons (Fsp3) is 0.333. The molecule has 1 amide bonds. The van der Waals surface area contributed by atoms with Crippen LogP contribution < -0.4 is 5.32 Å². The Morgan fingerprint density at radius 1 is 1.75 bits per heavy atom. The summed E-state index contributed by atoms with van der Waals surface area (Å²) < 4.78 is 7.29. The molecule has 0 aliphatic carbocycles. The molecule has 1 fully saturated rings. The van der Waals surface area contributed by atoms with Gasteiger partial charge in [0, 0.05) is 6.20 Å². The molecule has 7 heteroatoms. The minimum absolute atomic E-state index is 0.198. The van der Waals surface area contributed by atoms with Crippen molar-refractivity contribution >= 4 is 28.0 Å². The summed E-state index contributed by atoms with van der Waals surface area (Å²) in [6.45, 7) is 0.860. The third-order valence-corrected chi connectivity index (χ3v) is 2.92. The molecule has 16 heavy (non-hydrogen) atoms. The van der Waals surface area contributed by atoms with E-state index in [1.54, 1.807) is 4.57 Å². The number of halogens is 1. The fourth-order valence-corrected chi connectivity index (χ4v) is 1.98. The lowest BCUT2D eigenvalue weighted by Gasteiger charge is -2.09. The van der Waals surface area contributed by atoms with Gasteiger partial charge in [-0.2, -0.15) is 0 Å². The standard InChI is InChI=1S/C9H9BrN2O4/c10-7-1-5(8(13)14)3-12(7)4-6-2-11-9(15)16-6/h1,3,6H,2,4H2,(H,11,15)(H,13,14). The predicted molar refractivity (Wildman–Crippen MR) is 57.4 cm³/mol. The third kappa shape index (κ3) is 2.19. The SMILES string of the molecule is O=C1NCC(Cn2cc(C(=O)O)cc2Br)O1. The molecule has 0 aromatic carbocycles. The molecule has 1 aliphatic heterocycles. The van der Waals surface area contributed by atoms with Gasteiger partial charge in [-0.3, -0.25) is 0 Å². The molecule has 1 unspecified atom stereocenters. The molecule has 2 rings (SSSR count). The van der Waals surface area contributed by atoms with Crippen LogP contribution in [0, 0.1) is 0 Å². The van der Waals surface area contributed by atoms with Gasteiger partial charge >= 0.3 is 12.1 Å². The van der Waals surface area contributed by atoms with E-state index in [0.29, 0.717) is 17.7 Å². The molecule has 1 aliphatic rings. The molecule has 1 saturated heterocycles. The zero-order chi connectivity index (χ0) is 11.7. The highest BCUT2D eigenvalue weighted by Gasteiger charge is 2.23. The van der Waals surface area contributed by atoms with Crippen molar-refractivity contribution in [2.75, 3.05) is 6.54 Å². The van der Waals surface area contributed by atoms with Crippen LogP contribution in [0.25, 0.3) is 0 Å². The van der Waals surface area contributed by atoms with Crippen LogP contribution in [0.4, 0.5) is 4.79 Å². The van der Waals surface area contributed by atoms with Crippen LogP contribution in [0.5, 0.6) is 0 Å². The van der Waals surface area contributed by atoms with E-state index >= 15 is 0 Å². The average molecular weight is 289 g/mol. The maximum atomic E-state index is 10.8. The molecule has 0 bridgehead atoms. The van der Waals surface area contributed by atoms with Gasteiger partial charge in [-0.05, 0) is 22.0 Å². The van der Waals surface area contributed by atoms with Gasteiger partial charge in [0.1, 0.15) is 6.10 Å². The van der Waals surface area contributed by atoms with Gasteiger partial charge in [0.05, 0.1) is 23.3 Å². The Kier molecular flexibility index (Phi) is 2.86. The molecule has 1 aromatic rings. The van der Waals surface area contributed by atoms with Crippen molar-refractivity contribution in [3.63, 3.8) is 0 Å². The molecule has 2 heterocycles. The molecule has 0 saturated carbocycles. The minimum atomic E-state index is -0.985. The number of carbonyl (C=O) groups excluding carboxylic acids is 1. The lowest BCUT2D eigenvalue weighted by atomic mass is 10.3. The van der Waals surface area contributed by atoms with Crippen molar-refractivity contribution in [3.05, 3.63) is 22.4 Å². The number of aromatic carboxylic acids is 1. The van der Waals surface area contributed by atoms with Crippen LogP contribution in [0.1, 0.15) is 10.4 Å². The van der Waals surface area contributed by atoms with E-state index in [1.807, 2.05) is 0 Å². The summed E-state index contributed by atoms with van der Waals surface area (Å²) in [7, 11) is 0. The zero-order valence-electron chi connectivity index (χ0n) is 8.14. The largest absolute Gasteiger partial charge is 0.478 e. The maximum Gasteiger partial charge on any atom is 0.407 e. The highest BCUT2D eigenvalue weighted by atomic mass is 79.9. The van der Waals surface area contributed by atoms with Crippen molar-refractivity contribution in [1.29, 1.82) is 0 Å².